The lowest BCUT2D eigenvalue weighted by Gasteiger charge is -2.47. The van der Waals surface area contributed by atoms with Gasteiger partial charge in [-0.1, -0.05) is 47.1 Å². The van der Waals surface area contributed by atoms with Gasteiger partial charge in [-0.15, -0.1) is 0 Å². The molecule has 38 heavy (non-hydrogen) atoms. The number of hydrogen-bond donors (Lipinski definition) is 0. The lowest BCUT2D eigenvalue weighted by Crippen LogP contribution is -2.62. The first-order valence-corrected chi connectivity index (χ1v) is 13.9. The van der Waals surface area contributed by atoms with Gasteiger partial charge in [0.2, 0.25) is 5.91 Å². The SMILES string of the molecule is C=C(/C=C(Cl)\C(F)=C(/C)Cl)[C@]1(C(F)(F)F)CC(c2ccc3c(c2)COC32CN(C(=O)CS(C)(=O)=O)C2)=NO1. The summed E-state index contributed by atoms with van der Waals surface area (Å²) in [7, 11) is -3.48. The molecule has 0 N–H and O–H groups in total. The van der Waals surface area contributed by atoms with E-state index in [1.807, 2.05) is 0 Å². The van der Waals surface area contributed by atoms with E-state index in [1.165, 1.54) is 11.8 Å². The molecule has 0 aliphatic carbocycles. The van der Waals surface area contributed by atoms with Crippen molar-refractivity contribution in [2.75, 3.05) is 25.1 Å². The molecule has 1 fully saturated rings. The fraction of sp³-hybridized carbons (Fsp3) is 0.417. The van der Waals surface area contributed by atoms with Crippen molar-refractivity contribution in [2.24, 2.45) is 5.16 Å². The lowest BCUT2D eigenvalue weighted by atomic mass is 9.83. The second-order valence-corrected chi connectivity index (χ2v) is 12.6. The molecule has 1 saturated heterocycles. The van der Waals surface area contributed by atoms with E-state index in [2.05, 4.69) is 11.7 Å². The van der Waals surface area contributed by atoms with Gasteiger partial charge in [-0.2, -0.15) is 13.2 Å². The van der Waals surface area contributed by atoms with Gasteiger partial charge < -0.3 is 14.5 Å². The maximum Gasteiger partial charge on any atom is 0.435 e. The minimum atomic E-state index is -4.96. The van der Waals surface area contributed by atoms with Gasteiger partial charge >= 0.3 is 6.18 Å². The van der Waals surface area contributed by atoms with Crippen molar-refractivity contribution in [1.82, 2.24) is 4.90 Å². The smallest absolute Gasteiger partial charge is 0.374 e. The Balaban J connectivity index is 1.54. The standard InChI is InChI=1S/C24H22Cl2F4N2O5S/c1-13(6-18(26)21(27)14(2)25)23(24(28,29)30)8-19(31-37-23)15-4-5-17-16(7-15)9-36-22(17)11-32(12-22)20(33)10-38(3,34)35/h4-7H,1,8-12H2,2-3H3/b18-6+,21-14-/t23-/m0/s1. The van der Waals surface area contributed by atoms with E-state index in [0.717, 1.165) is 11.8 Å². The number of benzene rings is 1. The Labute approximate surface area is 226 Å². The molecule has 1 aromatic carbocycles. The molecular formula is C24H22Cl2F4N2O5S. The third-order valence-corrected chi connectivity index (χ3v) is 7.79. The summed E-state index contributed by atoms with van der Waals surface area (Å²) in [4.78, 5) is 18.5. The van der Waals surface area contributed by atoms with Crippen molar-refractivity contribution in [2.45, 2.75) is 37.3 Å². The van der Waals surface area contributed by atoms with Gasteiger partial charge in [0.05, 0.1) is 35.5 Å². The Morgan fingerprint density at radius 1 is 1.29 bits per heavy atom. The van der Waals surface area contributed by atoms with Crippen molar-refractivity contribution in [3.05, 3.63) is 69.0 Å². The Hall–Kier alpha value is -2.41. The van der Waals surface area contributed by atoms with E-state index in [-0.39, 0.29) is 30.4 Å². The van der Waals surface area contributed by atoms with Gasteiger partial charge in [-0.3, -0.25) is 4.79 Å². The van der Waals surface area contributed by atoms with Crippen LogP contribution in [0, 0.1) is 0 Å². The summed E-state index contributed by atoms with van der Waals surface area (Å²) in [6, 6.07) is 4.88. The number of carbonyl (C=O) groups is 1. The molecule has 0 aromatic heterocycles. The Morgan fingerprint density at radius 3 is 2.53 bits per heavy atom. The minimum Gasteiger partial charge on any atom is -0.374 e. The number of alkyl halides is 3. The average molecular weight is 597 g/mol. The van der Waals surface area contributed by atoms with Crippen molar-refractivity contribution >= 4 is 44.7 Å². The van der Waals surface area contributed by atoms with Crippen LogP contribution in [-0.4, -0.2) is 61.8 Å². The number of oxime groups is 1. The summed E-state index contributed by atoms with van der Waals surface area (Å²) >= 11 is 11.3. The number of carbonyl (C=O) groups excluding carboxylic acids is 1. The molecular weight excluding hydrogens is 575 g/mol. The van der Waals surface area contributed by atoms with Gasteiger partial charge in [0, 0.05) is 18.2 Å². The number of rotatable bonds is 6. The van der Waals surface area contributed by atoms with E-state index in [4.69, 9.17) is 32.8 Å². The van der Waals surface area contributed by atoms with Crippen LogP contribution >= 0.6 is 23.2 Å². The zero-order valence-electron chi connectivity index (χ0n) is 20.2. The van der Waals surface area contributed by atoms with Crippen LogP contribution in [0.15, 0.2) is 57.5 Å². The Kier molecular flexibility index (Phi) is 7.26. The fourth-order valence-corrected chi connectivity index (χ4v) is 5.60. The summed E-state index contributed by atoms with van der Waals surface area (Å²) in [5.74, 6) is -2.22. The number of hydrogen-bond acceptors (Lipinski definition) is 6. The molecule has 0 unspecified atom stereocenters. The summed E-state index contributed by atoms with van der Waals surface area (Å²) in [5.41, 5.74) is -2.64. The molecule has 1 spiro atoms. The normalized spacial score (nSPS) is 23.4. The van der Waals surface area contributed by atoms with Crippen LogP contribution in [0.25, 0.3) is 0 Å². The molecule has 7 nitrogen and oxygen atoms in total. The molecule has 1 aromatic rings. The zero-order chi connectivity index (χ0) is 28.3. The zero-order valence-corrected chi connectivity index (χ0v) is 22.5. The predicted molar refractivity (Wildman–Crippen MR) is 133 cm³/mol. The highest BCUT2D eigenvalue weighted by Gasteiger charge is 2.62. The second-order valence-electron chi connectivity index (χ2n) is 9.47. The van der Waals surface area contributed by atoms with Gasteiger partial charge in [0.1, 0.15) is 11.4 Å². The highest BCUT2D eigenvalue weighted by atomic mass is 35.5. The number of fused-ring (bicyclic) bond motifs is 2. The first-order valence-electron chi connectivity index (χ1n) is 11.1. The number of amides is 1. The number of allylic oxidation sites excluding steroid dienone is 3. The summed E-state index contributed by atoms with van der Waals surface area (Å²) in [6.45, 7) is 5.08. The number of likely N-dealkylation sites (tertiary alicyclic amines) is 1. The third kappa shape index (κ3) is 5.11. The first-order chi connectivity index (χ1) is 17.5. The molecule has 3 aliphatic rings. The van der Waals surface area contributed by atoms with Crippen LogP contribution in [0.2, 0.25) is 0 Å². The molecule has 14 heteroatoms. The van der Waals surface area contributed by atoms with Crippen molar-refractivity contribution in [3.8, 4) is 0 Å². The van der Waals surface area contributed by atoms with Gasteiger partial charge in [-0.05, 0) is 35.8 Å². The number of nitrogens with zero attached hydrogens (tertiary/aromatic N) is 2. The highest BCUT2D eigenvalue weighted by Crippen LogP contribution is 2.48. The monoisotopic (exact) mass is 596 g/mol. The third-order valence-electron chi connectivity index (χ3n) is 6.58. The largest absolute Gasteiger partial charge is 0.435 e. The van der Waals surface area contributed by atoms with Crippen LogP contribution in [0.1, 0.15) is 30.0 Å². The highest BCUT2D eigenvalue weighted by molar-refractivity contribution is 7.91. The first kappa shape index (κ1) is 28.6. The number of sulfone groups is 1. The van der Waals surface area contributed by atoms with Gasteiger partial charge in [0.15, 0.2) is 15.7 Å². The molecule has 3 aliphatic heterocycles. The van der Waals surface area contributed by atoms with Crippen LogP contribution in [0.5, 0.6) is 0 Å². The molecule has 4 rings (SSSR count). The lowest BCUT2D eigenvalue weighted by molar-refractivity contribution is -0.251. The van der Waals surface area contributed by atoms with Crippen molar-refractivity contribution < 1.29 is 40.3 Å². The summed E-state index contributed by atoms with van der Waals surface area (Å²) < 4.78 is 85.3. The minimum absolute atomic E-state index is 0.0140. The van der Waals surface area contributed by atoms with E-state index in [9.17, 15) is 30.8 Å². The van der Waals surface area contributed by atoms with E-state index in [1.54, 1.807) is 18.2 Å². The molecule has 0 radical (unpaired) electrons. The van der Waals surface area contributed by atoms with E-state index in [0.29, 0.717) is 17.2 Å². The van der Waals surface area contributed by atoms with Crippen LogP contribution in [0.4, 0.5) is 17.6 Å². The van der Waals surface area contributed by atoms with Gasteiger partial charge in [-0.25, -0.2) is 12.8 Å². The molecule has 1 amide bonds. The maximum atomic E-state index is 14.2. The number of ether oxygens (including phenoxy) is 1. The summed E-state index contributed by atoms with van der Waals surface area (Å²) in [5, 5.41) is 2.68. The second kappa shape index (κ2) is 9.65. The molecule has 1 atom stereocenters. The average Bonchev–Trinajstić information content (AvgIpc) is 3.39. The van der Waals surface area contributed by atoms with Crippen LogP contribution in [0.3, 0.4) is 0 Å². The van der Waals surface area contributed by atoms with E-state index >= 15 is 0 Å². The molecule has 3 heterocycles. The summed E-state index contributed by atoms with van der Waals surface area (Å²) in [6.07, 6.45) is -4.01. The molecule has 206 valence electrons. The van der Waals surface area contributed by atoms with Crippen LogP contribution < -0.4 is 0 Å². The van der Waals surface area contributed by atoms with Crippen LogP contribution in [-0.2, 0) is 36.4 Å². The molecule has 0 bridgehead atoms. The fourth-order valence-electron chi connectivity index (χ4n) is 4.55. The number of halogens is 6. The van der Waals surface area contributed by atoms with Gasteiger partial charge in [0.25, 0.3) is 5.60 Å². The topological polar surface area (TPSA) is 85.3 Å². The van der Waals surface area contributed by atoms with Crippen molar-refractivity contribution in [1.29, 1.82) is 0 Å². The quantitative estimate of drug-likeness (QED) is 0.346. The van der Waals surface area contributed by atoms with Crippen molar-refractivity contribution in [3.63, 3.8) is 0 Å². The predicted octanol–water partition coefficient (Wildman–Crippen LogP) is 4.84. The molecule has 0 saturated carbocycles. The Bertz CT molecular complexity index is 1410. The van der Waals surface area contributed by atoms with E-state index < -0.39 is 61.7 Å². The maximum absolute atomic E-state index is 14.2. The Morgan fingerprint density at radius 2 is 1.95 bits per heavy atom.